The van der Waals surface area contributed by atoms with Crippen molar-refractivity contribution in [2.45, 2.75) is 30.7 Å². The molecular formula is C21H23FN2OS. The lowest BCUT2D eigenvalue weighted by atomic mass is 10.1. The molecule has 1 saturated heterocycles. The molecule has 2 aliphatic rings. The fourth-order valence-corrected chi connectivity index (χ4v) is 4.69. The summed E-state index contributed by atoms with van der Waals surface area (Å²) >= 11 is 1.83. The van der Waals surface area contributed by atoms with E-state index < -0.39 is 0 Å². The third-order valence-corrected chi connectivity index (χ3v) is 6.14. The van der Waals surface area contributed by atoms with Crippen molar-refractivity contribution in [3.05, 3.63) is 59.4 Å². The van der Waals surface area contributed by atoms with Crippen molar-refractivity contribution in [3.63, 3.8) is 0 Å². The lowest BCUT2D eigenvalue weighted by Crippen LogP contribution is -2.36. The zero-order valence-electron chi connectivity index (χ0n) is 14.8. The fraction of sp³-hybridized carbons (Fsp3) is 0.381. The van der Waals surface area contributed by atoms with Crippen LogP contribution in [0.25, 0.3) is 0 Å². The Morgan fingerprint density at radius 1 is 1.00 bits per heavy atom. The SMILES string of the molecule is O=C(c1ccc2c(c1)N(Cc1ccc(F)cc1)CCS2)N1CCCCC1. The summed E-state index contributed by atoms with van der Waals surface area (Å²) in [5, 5.41) is 0. The molecule has 1 amide bonds. The van der Waals surface area contributed by atoms with E-state index in [1.807, 2.05) is 40.9 Å². The second-order valence-corrected chi connectivity index (χ2v) is 8.07. The van der Waals surface area contributed by atoms with E-state index in [1.165, 1.54) is 23.4 Å². The van der Waals surface area contributed by atoms with E-state index in [-0.39, 0.29) is 11.7 Å². The monoisotopic (exact) mass is 370 g/mol. The topological polar surface area (TPSA) is 23.6 Å². The average molecular weight is 370 g/mol. The minimum absolute atomic E-state index is 0.143. The van der Waals surface area contributed by atoms with E-state index in [2.05, 4.69) is 11.0 Å². The smallest absolute Gasteiger partial charge is 0.253 e. The molecule has 2 aliphatic heterocycles. The Labute approximate surface area is 158 Å². The molecule has 0 saturated carbocycles. The zero-order valence-corrected chi connectivity index (χ0v) is 15.6. The summed E-state index contributed by atoms with van der Waals surface area (Å²) in [4.78, 5) is 18.3. The predicted molar refractivity (Wildman–Crippen MR) is 104 cm³/mol. The Balaban J connectivity index is 1.57. The van der Waals surface area contributed by atoms with Crippen LogP contribution in [-0.4, -0.2) is 36.2 Å². The summed E-state index contributed by atoms with van der Waals surface area (Å²) in [5.41, 5.74) is 2.97. The van der Waals surface area contributed by atoms with Crippen LogP contribution in [0.5, 0.6) is 0 Å². The largest absolute Gasteiger partial charge is 0.365 e. The van der Waals surface area contributed by atoms with Gasteiger partial charge in [-0.15, -0.1) is 11.8 Å². The number of nitrogens with zero attached hydrogens (tertiary/aromatic N) is 2. The molecule has 0 spiro atoms. The van der Waals surface area contributed by atoms with Crippen molar-refractivity contribution in [2.75, 3.05) is 30.3 Å². The minimum atomic E-state index is -0.210. The van der Waals surface area contributed by atoms with Crippen molar-refractivity contribution >= 4 is 23.4 Å². The van der Waals surface area contributed by atoms with Gasteiger partial charge in [0, 0.05) is 42.4 Å². The Morgan fingerprint density at radius 3 is 2.54 bits per heavy atom. The van der Waals surface area contributed by atoms with E-state index in [4.69, 9.17) is 0 Å². The number of thioether (sulfide) groups is 1. The third kappa shape index (κ3) is 3.73. The number of hydrogen-bond acceptors (Lipinski definition) is 3. The zero-order chi connectivity index (χ0) is 17.9. The van der Waals surface area contributed by atoms with Crippen LogP contribution in [-0.2, 0) is 6.54 Å². The molecule has 1 fully saturated rings. The Hall–Kier alpha value is -2.01. The number of carbonyl (C=O) groups is 1. The lowest BCUT2D eigenvalue weighted by Gasteiger charge is -2.32. The molecule has 2 aromatic rings. The molecule has 4 rings (SSSR count). The van der Waals surface area contributed by atoms with Crippen LogP contribution >= 0.6 is 11.8 Å². The number of amides is 1. The van der Waals surface area contributed by atoms with E-state index in [1.54, 1.807) is 0 Å². The maximum absolute atomic E-state index is 13.2. The number of anilines is 1. The molecule has 2 heterocycles. The highest BCUT2D eigenvalue weighted by atomic mass is 32.2. The van der Waals surface area contributed by atoms with Gasteiger partial charge in [0.05, 0.1) is 5.69 Å². The molecule has 2 aromatic carbocycles. The molecule has 0 radical (unpaired) electrons. The van der Waals surface area contributed by atoms with Crippen LogP contribution in [0.2, 0.25) is 0 Å². The molecule has 136 valence electrons. The summed E-state index contributed by atoms with van der Waals surface area (Å²) in [6.07, 6.45) is 3.42. The second-order valence-electron chi connectivity index (χ2n) is 6.93. The summed E-state index contributed by atoms with van der Waals surface area (Å²) in [7, 11) is 0. The number of fused-ring (bicyclic) bond motifs is 1. The van der Waals surface area contributed by atoms with E-state index in [0.717, 1.165) is 61.6 Å². The first-order valence-electron chi connectivity index (χ1n) is 9.26. The number of hydrogen-bond donors (Lipinski definition) is 0. The molecule has 0 aromatic heterocycles. The number of benzene rings is 2. The van der Waals surface area contributed by atoms with Gasteiger partial charge in [-0.3, -0.25) is 4.79 Å². The lowest BCUT2D eigenvalue weighted by molar-refractivity contribution is 0.0724. The third-order valence-electron chi connectivity index (χ3n) is 5.10. The summed E-state index contributed by atoms with van der Waals surface area (Å²) in [6.45, 7) is 3.39. The van der Waals surface area contributed by atoms with Crippen LogP contribution in [0.1, 0.15) is 35.2 Å². The van der Waals surface area contributed by atoms with Crippen molar-refractivity contribution in [3.8, 4) is 0 Å². The van der Waals surface area contributed by atoms with Crippen LogP contribution in [0.3, 0.4) is 0 Å². The number of rotatable bonds is 3. The number of piperidine rings is 1. The Morgan fingerprint density at radius 2 is 1.77 bits per heavy atom. The van der Waals surface area contributed by atoms with Gasteiger partial charge in [0.1, 0.15) is 5.82 Å². The van der Waals surface area contributed by atoms with Gasteiger partial charge in [0.2, 0.25) is 0 Å². The summed E-state index contributed by atoms with van der Waals surface area (Å²) in [6, 6.07) is 12.8. The van der Waals surface area contributed by atoms with Gasteiger partial charge in [-0.05, 0) is 55.2 Å². The number of carbonyl (C=O) groups excluding carboxylic acids is 1. The second kappa shape index (κ2) is 7.70. The molecule has 0 bridgehead atoms. The highest BCUT2D eigenvalue weighted by Crippen LogP contribution is 2.36. The molecule has 26 heavy (non-hydrogen) atoms. The summed E-state index contributed by atoms with van der Waals surface area (Å²) in [5.74, 6) is 0.954. The van der Waals surface area contributed by atoms with Crippen molar-refractivity contribution in [1.29, 1.82) is 0 Å². The maximum atomic E-state index is 13.2. The van der Waals surface area contributed by atoms with Gasteiger partial charge in [0.15, 0.2) is 0 Å². The molecule has 0 aliphatic carbocycles. The quantitative estimate of drug-likeness (QED) is 0.791. The van der Waals surface area contributed by atoms with E-state index >= 15 is 0 Å². The normalized spacial score (nSPS) is 17.1. The van der Waals surface area contributed by atoms with Gasteiger partial charge >= 0.3 is 0 Å². The van der Waals surface area contributed by atoms with Gasteiger partial charge in [0.25, 0.3) is 5.91 Å². The van der Waals surface area contributed by atoms with Crippen molar-refractivity contribution in [2.24, 2.45) is 0 Å². The van der Waals surface area contributed by atoms with Gasteiger partial charge < -0.3 is 9.80 Å². The average Bonchev–Trinajstić information content (AvgIpc) is 2.70. The Kier molecular flexibility index (Phi) is 5.16. The van der Waals surface area contributed by atoms with E-state index in [9.17, 15) is 9.18 Å². The van der Waals surface area contributed by atoms with Gasteiger partial charge in [-0.25, -0.2) is 4.39 Å². The van der Waals surface area contributed by atoms with Gasteiger partial charge in [-0.2, -0.15) is 0 Å². The van der Waals surface area contributed by atoms with Crippen molar-refractivity contribution < 1.29 is 9.18 Å². The molecule has 0 atom stereocenters. The molecule has 5 heteroatoms. The Bertz CT molecular complexity index is 787. The predicted octanol–water partition coefficient (Wildman–Crippen LogP) is 4.56. The first-order valence-corrected chi connectivity index (χ1v) is 10.2. The molecule has 0 unspecified atom stereocenters. The van der Waals surface area contributed by atoms with Crippen LogP contribution in [0.4, 0.5) is 10.1 Å². The minimum Gasteiger partial charge on any atom is -0.365 e. The fourth-order valence-electron chi connectivity index (χ4n) is 3.66. The summed E-state index contributed by atoms with van der Waals surface area (Å²) < 4.78 is 13.2. The number of halogens is 1. The van der Waals surface area contributed by atoms with Gasteiger partial charge in [-0.1, -0.05) is 12.1 Å². The van der Waals surface area contributed by atoms with Crippen LogP contribution in [0.15, 0.2) is 47.4 Å². The molecule has 3 nitrogen and oxygen atoms in total. The highest BCUT2D eigenvalue weighted by molar-refractivity contribution is 7.99. The first kappa shape index (κ1) is 17.4. The van der Waals surface area contributed by atoms with Crippen molar-refractivity contribution in [1.82, 2.24) is 4.90 Å². The molecule has 0 N–H and O–H groups in total. The van der Waals surface area contributed by atoms with E-state index in [0.29, 0.717) is 0 Å². The standard InChI is InChI=1S/C21H23FN2OS/c22-18-7-4-16(5-8-18)15-24-12-13-26-20-9-6-17(14-19(20)24)21(25)23-10-2-1-3-11-23/h4-9,14H,1-3,10-13,15H2. The highest BCUT2D eigenvalue weighted by Gasteiger charge is 2.22. The maximum Gasteiger partial charge on any atom is 0.253 e. The van der Waals surface area contributed by atoms with Crippen LogP contribution < -0.4 is 4.90 Å². The van der Waals surface area contributed by atoms with Crippen LogP contribution in [0, 0.1) is 5.82 Å². The first-order chi connectivity index (χ1) is 12.7. The molecular weight excluding hydrogens is 347 g/mol. The number of likely N-dealkylation sites (tertiary alicyclic amines) is 1.